The lowest BCUT2D eigenvalue weighted by Gasteiger charge is -2.12. The number of carbonyl (C=O) groups is 1. The third-order valence-electron chi connectivity index (χ3n) is 3.33. The second-order valence-corrected chi connectivity index (χ2v) is 6.36. The smallest absolute Gasteiger partial charge is 0.323 e. The van der Waals surface area contributed by atoms with Crippen LogP contribution in [0.3, 0.4) is 0 Å². The molecule has 1 aromatic carbocycles. The van der Waals surface area contributed by atoms with Gasteiger partial charge in [-0.15, -0.1) is 11.3 Å². The van der Waals surface area contributed by atoms with E-state index in [-0.39, 0.29) is 10.7 Å². The van der Waals surface area contributed by atoms with E-state index < -0.39 is 29.8 Å². The van der Waals surface area contributed by atoms with Crippen LogP contribution in [0.1, 0.15) is 5.56 Å². The summed E-state index contributed by atoms with van der Waals surface area (Å²) in [4.78, 5) is 28.9. The first kappa shape index (κ1) is 17.4. The molecule has 0 aliphatic rings. The third-order valence-corrected chi connectivity index (χ3v) is 4.48. The fourth-order valence-electron chi connectivity index (χ4n) is 2.15. The molecule has 0 unspecified atom stereocenters. The highest BCUT2D eigenvalue weighted by atomic mass is 35.5. The summed E-state index contributed by atoms with van der Waals surface area (Å²) in [5, 5.41) is 4.32. The van der Waals surface area contributed by atoms with Crippen LogP contribution in [0, 0.1) is 0 Å². The van der Waals surface area contributed by atoms with Crippen molar-refractivity contribution in [1.82, 2.24) is 9.55 Å². The Hall–Kier alpha value is -2.39. The van der Waals surface area contributed by atoms with E-state index in [0.717, 1.165) is 22.8 Å². The molecule has 10 heteroatoms. The van der Waals surface area contributed by atoms with Crippen LogP contribution in [0.2, 0.25) is 5.02 Å². The first-order chi connectivity index (χ1) is 11.8. The number of hydrogen-bond donors (Lipinski definition) is 1. The van der Waals surface area contributed by atoms with Crippen LogP contribution in [0.15, 0.2) is 40.8 Å². The zero-order valence-corrected chi connectivity index (χ0v) is 13.9. The van der Waals surface area contributed by atoms with Gasteiger partial charge in [0.2, 0.25) is 5.91 Å². The Kier molecular flexibility index (Phi) is 4.53. The predicted octanol–water partition coefficient (Wildman–Crippen LogP) is 3.77. The van der Waals surface area contributed by atoms with Gasteiger partial charge in [0, 0.05) is 0 Å². The molecule has 2 heterocycles. The number of hydrogen-bond acceptors (Lipinski definition) is 4. The molecular formula is C15H9ClF3N3O2S. The fourth-order valence-corrected chi connectivity index (χ4v) is 3.04. The van der Waals surface area contributed by atoms with E-state index in [0.29, 0.717) is 10.2 Å². The van der Waals surface area contributed by atoms with Crippen molar-refractivity contribution >= 4 is 44.7 Å². The summed E-state index contributed by atoms with van der Waals surface area (Å²) in [6.07, 6.45) is -3.34. The Bertz CT molecular complexity index is 1010. The summed E-state index contributed by atoms with van der Waals surface area (Å²) in [5.41, 5.74) is -1.53. The molecule has 1 amide bonds. The zero-order chi connectivity index (χ0) is 18.2. The van der Waals surface area contributed by atoms with Gasteiger partial charge < -0.3 is 5.32 Å². The molecule has 0 saturated carbocycles. The Balaban J connectivity index is 1.82. The van der Waals surface area contributed by atoms with Gasteiger partial charge in [0.05, 0.1) is 28.0 Å². The summed E-state index contributed by atoms with van der Waals surface area (Å²) in [7, 11) is 0. The third kappa shape index (κ3) is 3.67. The van der Waals surface area contributed by atoms with E-state index >= 15 is 0 Å². The van der Waals surface area contributed by atoms with Crippen LogP contribution in [-0.2, 0) is 17.5 Å². The van der Waals surface area contributed by atoms with Crippen LogP contribution in [0.4, 0.5) is 18.9 Å². The summed E-state index contributed by atoms with van der Waals surface area (Å²) in [5.74, 6) is -0.695. The Morgan fingerprint density at radius 2 is 2.08 bits per heavy atom. The van der Waals surface area contributed by atoms with Crippen molar-refractivity contribution in [3.8, 4) is 0 Å². The monoisotopic (exact) mass is 387 g/mol. The molecule has 0 fully saturated rings. The zero-order valence-electron chi connectivity index (χ0n) is 12.3. The average Bonchev–Trinajstić information content (AvgIpc) is 3.00. The van der Waals surface area contributed by atoms with Gasteiger partial charge in [-0.3, -0.25) is 14.2 Å². The molecule has 25 heavy (non-hydrogen) atoms. The summed E-state index contributed by atoms with van der Waals surface area (Å²) >= 11 is 7.12. The molecule has 1 N–H and O–H groups in total. The molecule has 0 bridgehead atoms. The van der Waals surface area contributed by atoms with Gasteiger partial charge in [-0.05, 0) is 29.6 Å². The second kappa shape index (κ2) is 6.49. The lowest BCUT2D eigenvalue weighted by molar-refractivity contribution is -0.137. The fraction of sp³-hybridized carbons (Fsp3) is 0.133. The van der Waals surface area contributed by atoms with Gasteiger partial charge in [0.15, 0.2) is 0 Å². The molecule has 0 spiro atoms. The van der Waals surface area contributed by atoms with Gasteiger partial charge >= 0.3 is 6.18 Å². The van der Waals surface area contributed by atoms with Gasteiger partial charge in [0.1, 0.15) is 11.4 Å². The summed E-state index contributed by atoms with van der Waals surface area (Å²) in [6.45, 7) is -0.399. The van der Waals surface area contributed by atoms with Crippen molar-refractivity contribution in [3.05, 3.63) is 56.9 Å². The second-order valence-electron chi connectivity index (χ2n) is 5.06. The normalized spacial score (nSPS) is 11.7. The van der Waals surface area contributed by atoms with E-state index in [1.165, 1.54) is 17.7 Å². The largest absolute Gasteiger partial charge is 0.416 e. The molecule has 0 radical (unpaired) electrons. The van der Waals surface area contributed by atoms with Crippen LogP contribution < -0.4 is 10.9 Å². The Morgan fingerprint density at radius 3 is 2.80 bits per heavy atom. The number of halogens is 4. The van der Waals surface area contributed by atoms with Gasteiger partial charge in [0.25, 0.3) is 5.56 Å². The van der Waals surface area contributed by atoms with Crippen molar-refractivity contribution in [2.75, 3.05) is 5.32 Å². The molecule has 0 atom stereocenters. The van der Waals surface area contributed by atoms with Crippen molar-refractivity contribution in [1.29, 1.82) is 0 Å². The maximum Gasteiger partial charge on any atom is 0.416 e. The number of anilines is 1. The Labute approximate surface area is 147 Å². The summed E-state index contributed by atoms with van der Waals surface area (Å²) < 4.78 is 39.3. The highest BCUT2D eigenvalue weighted by molar-refractivity contribution is 7.16. The van der Waals surface area contributed by atoms with E-state index in [9.17, 15) is 22.8 Å². The number of aromatic nitrogens is 2. The quantitative estimate of drug-likeness (QED) is 0.744. The molecule has 3 rings (SSSR count). The molecule has 0 saturated heterocycles. The van der Waals surface area contributed by atoms with Crippen molar-refractivity contribution in [2.45, 2.75) is 12.7 Å². The number of alkyl halides is 3. The molecule has 130 valence electrons. The number of carbonyl (C=O) groups excluding carboxylic acids is 1. The molecule has 3 aromatic rings. The molecule has 5 nitrogen and oxygen atoms in total. The SMILES string of the molecule is O=C(Cn1cnc2sccc2c1=O)Nc1cc(C(F)(F)F)ccc1Cl. The first-order valence-corrected chi connectivity index (χ1v) is 8.11. The standard InChI is InChI=1S/C15H9ClF3N3O2S/c16-10-2-1-8(15(17,18)19)5-11(10)21-12(23)6-22-7-20-13-9(14(22)24)3-4-25-13/h1-5,7H,6H2,(H,21,23). The van der Waals surface area contributed by atoms with E-state index in [1.807, 2.05) is 0 Å². The lowest BCUT2D eigenvalue weighted by Crippen LogP contribution is -2.27. The van der Waals surface area contributed by atoms with Gasteiger partial charge in [-0.2, -0.15) is 13.2 Å². The average molecular weight is 388 g/mol. The van der Waals surface area contributed by atoms with Crippen LogP contribution in [0.25, 0.3) is 10.2 Å². The van der Waals surface area contributed by atoms with E-state index in [1.54, 1.807) is 11.4 Å². The molecule has 0 aliphatic heterocycles. The number of amides is 1. The minimum absolute atomic E-state index is 0.0416. The van der Waals surface area contributed by atoms with Gasteiger partial charge in [-0.1, -0.05) is 11.6 Å². The highest BCUT2D eigenvalue weighted by Crippen LogP contribution is 2.33. The highest BCUT2D eigenvalue weighted by Gasteiger charge is 2.31. The predicted molar refractivity (Wildman–Crippen MR) is 89.0 cm³/mol. The van der Waals surface area contributed by atoms with Crippen molar-refractivity contribution < 1.29 is 18.0 Å². The number of nitrogens with one attached hydrogen (secondary N) is 1. The first-order valence-electron chi connectivity index (χ1n) is 6.85. The maximum absolute atomic E-state index is 12.7. The number of thiophene rings is 1. The number of nitrogens with zero attached hydrogens (tertiary/aromatic N) is 2. The molecule has 2 aromatic heterocycles. The topological polar surface area (TPSA) is 64.0 Å². The number of benzene rings is 1. The minimum atomic E-state index is -4.56. The number of rotatable bonds is 3. The van der Waals surface area contributed by atoms with E-state index in [2.05, 4.69) is 10.3 Å². The Morgan fingerprint density at radius 1 is 1.32 bits per heavy atom. The maximum atomic E-state index is 12.7. The van der Waals surface area contributed by atoms with E-state index in [4.69, 9.17) is 11.6 Å². The lowest BCUT2D eigenvalue weighted by atomic mass is 10.2. The molecular weight excluding hydrogens is 379 g/mol. The minimum Gasteiger partial charge on any atom is -0.323 e. The van der Waals surface area contributed by atoms with Crippen molar-refractivity contribution in [3.63, 3.8) is 0 Å². The summed E-state index contributed by atoms with van der Waals surface area (Å²) in [6, 6.07) is 4.19. The van der Waals surface area contributed by atoms with Crippen LogP contribution >= 0.6 is 22.9 Å². The number of fused-ring (bicyclic) bond motifs is 1. The van der Waals surface area contributed by atoms with Crippen molar-refractivity contribution in [2.24, 2.45) is 0 Å². The van der Waals surface area contributed by atoms with Crippen LogP contribution in [-0.4, -0.2) is 15.5 Å². The van der Waals surface area contributed by atoms with Crippen LogP contribution in [0.5, 0.6) is 0 Å². The van der Waals surface area contributed by atoms with Gasteiger partial charge in [-0.25, -0.2) is 4.98 Å². The molecule has 0 aliphatic carbocycles.